The van der Waals surface area contributed by atoms with Gasteiger partial charge in [-0.15, -0.1) is 0 Å². The molecule has 0 saturated carbocycles. The summed E-state index contributed by atoms with van der Waals surface area (Å²) in [6.45, 7) is 0.338. The second-order valence-corrected chi connectivity index (χ2v) is 8.80. The maximum absolute atomic E-state index is 13.9. The molecule has 1 atom stereocenters. The lowest BCUT2D eigenvalue weighted by molar-refractivity contribution is 0.115. The molecule has 0 N–H and O–H groups in total. The first kappa shape index (κ1) is 16.3. The van der Waals surface area contributed by atoms with Crippen LogP contribution in [0.2, 0.25) is 0 Å². The normalized spacial score (nSPS) is 20.8. The number of benzene rings is 1. The van der Waals surface area contributed by atoms with Crippen LogP contribution < -0.4 is 0 Å². The zero-order chi connectivity index (χ0) is 15.8. The molecule has 0 bridgehead atoms. The summed E-state index contributed by atoms with van der Waals surface area (Å²) in [7, 11) is -6.22. The van der Waals surface area contributed by atoms with E-state index in [4.69, 9.17) is 4.74 Å². The fourth-order valence-electron chi connectivity index (χ4n) is 2.16. The molecular formula is C12H16FNO5S2. The van der Waals surface area contributed by atoms with E-state index >= 15 is 0 Å². The average Bonchev–Trinajstić information content (AvgIpc) is 2.87. The first-order valence-electron chi connectivity index (χ1n) is 6.19. The first-order valence-corrected chi connectivity index (χ1v) is 9.52. The lowest BCUT2D eigenvalue weighted by Gasteiger charge is -2.17. The van der Waals surface area contributed by atoms with Crippen molar-refractivity contribution >= 4 is 19.9 Å². The molecule has 9 heteroatoms. The van der Waals surface area contributed by atoms with Crippen LogP contribution in [-0.2, 0) is 24.6 Å². The summed E-state index contributed by atoms with van der Waals surface area (Å²) in [5.74, 6) is -0.969. The van der Waals surface area contributed by atoms with E-state index in [0.717, 1.165) is 28.8 Å². The van der Waals surface area contributed by atoms with Gasteiger partial charge in [0.05, 0.1) is 11.0 Å². The second-order valence-electron chi connectivity index (χ2n) is 4.87. The highest BCUT2D eigenvalue weighted by Crippen LogP contribution is 2.26. The zero-order valence-corrected chi connectivity index (χ0v) is 13.2. The molecule has 118 valence electrons. The summed E-state index contributed by atoms with van der Waals surface area (Å²) in [5.41, 5.74) is 0. The Kier molecular flexibility index (Phi) is 4.39. The molecule has 0 amide bonds. The van der Waals surface area contributed by atoms with Gasteiger partial charge in [0.25, 0.3) is 0 Å². The Morgan fingerprint density at radius 1 is 1.29 bits per heavy atom. The molecule has 1 saturated heterocycles. The van der Waals surface area contributed by atoms with Crippen LogP contribution in [0, 0.1) is 5.82 Å². The lowest BCUT2D eigenvalue weighted by Crippen LogP contribution is -2.30. The molecule has 1 aliphatic rings. The predicted molar refractivity (Wildman–Crippen MR) is 73.7 cm³/mol. The minimum Gasteiger partial charge on any atom is -0.380 e. The van der Waals surface area contributed by atoms with Crippen molar-refractivity contribution in [1.82, 2.24) is 4.31 Å². The van der Waals surface area contributed by atoms with E-state index in [9.17, 15) is 21.2 Å². The molecule has 2 rings (SSSR count). The van der Waals surface area contributed by atoms with Gasteiger partial charge in [0.1, 0.15) is 10.7 Å². The topological polar surface area (TPSA) is 80.8 Å². The van der Waals surface area contributed by atoms with Crippen LogP contribution >= 0.6 is 0 Å². The van der Waals surface area contributed by atoms with E-state index in [1.807, 2.05) is 0 Å². The van der Waals surface area contributed by atoms with Crippen molar-refractivity contribution in [2.75, 3.05) is 26.5 Å². The van der Waals surface area contributed by atoms with E-state index in [0.29, 0.717) is 6.42 Å². The van der Waals surface area contributed by atoms with Crippen LogP contribution in [-0.4, -0.2) is 53.7 Å². The standard InChI is InChI=1S/C12H16FNO5S2/c1-19-9-5-6-14(8-9)21(17,18)12-7-10(20(2,15)16)3-4-11(12)13/h3-4,7,9H,5-6,8H2,1-2H3. The number of rotatable bonds is 4. The largest absolute Gasteiger partial charge is 0.380 e. The average molecular weight is 337 g/mol. The van der Waals surface area contributed by atoms with E-state index in [1.165, 1.54) is 7.11 Å². The SMILES string of the molecule is COC1CCN(S(=O)(=O)c2cc(S(C)(=O)=O)ccc2F)C1. The highest BCUT2D eigenvalue weighted by Gasteiger charge is 2.34. The Bertz CT molecular complexity index is 745. The van der Waals surface area contributed by atoms with Crippen molar-refractivity contribution in [1.29, 1.82) is 0 Å². The monoisotopic (exact) mass is 337 g/mol. The highest BCUT2D eigenvalue weighted by molar-refractivity contribution is 7.91. The Balaban J connectivity index is 2.45. The molecule has 0 aromatic heterocycles. The molecule has 1 aromatic carbocycles. The van der Waals surface area contributed by atoms with Crippen molar-refractivity contribution in [2.24, 2.45) is 0 Å². The summed E-state index contributed by atoms with van der Waals surface area (Å²) >= 11 is 0. The lowest BCUT2D eigenvalue weighted by atomic mass is 10.3. The van der Waals surface area contributed by atoms with Crippen molar-refractivity contribution in [3.8, 4) is 0 Å². The van der Waals surface area contributed by atoms with Gasteiger partial charge in [0, 0.05) is 26.5 Å². The number of hydrogen-bond acceptors (Lipinski definition) is 5. The molecule has 1 fully saturated rings. The van der Waals surface area contributed by atoms with Crippen LogP contribution in [0.25, 0.3) is 0 Å². The van der Waals surface area contributed by atoms with Crippen LogP contribution in [0.3, 0.4) is 0 Å². The van der Waals surface area contributed by atoms with Crippen LogP contribution in [0.1, 0.15) is 6.42 Å². The number of methoxy groups -OCH3 is 1. The van der Waals surface area contributed by atoms with Crippen molar-refractivity contribution in [3.63, 3.8) is 0 Å². The van der Waals surface area contributed by atoms with Gasteiger partial charge >= 0.3 is 0 Å². The summed E-state index contributed by atoms with van der Waals surface area (Å²) in [6.07, 6.45) is 1.22. The zero-order valence-electron chi connectivity index (χ0n) is 11.6. The summed E-state index contributed by atoms with van der Waals surface area (Å²) in [5, 5.41) is 0. The Hall–Kier alpha value is -1.03. The van der Waals surface area contributed by atoms with Gasteiger partial charge in [-0.2, -0.15) is 4.31 Å². The van der Waals surface area contributed by atoms with Gasteiger partial charge in [-0.1, -0.05) is 0 Å². The molecule has 1 aromatic rings. The third kappa shape index (κ3) is 3.25. The molecule has 0 radical (unpaired) electrons. The summed E-state index contributed by atoms with van der Waals surface area (Å²) < 4.78 is 67.9. The molecule has 21 heavy (non-hydrogen) atoms. The first-order chi connectivity index (χ1) is 9.66. The Morgan fingerprint density at radius 3 is 2.48 bits per heavy atom. The van der Waals surface area contributed by atoms with Gasteiger partial charge in [-0.05, 0) is 24.6 Å². The minimum absolute atomic E-state index is 0.126. The van der Waals surface area contributed by atoms with Gasteiger partial charge in [-0.25, -0.2) is 21.2 Å². The number of ether oxygens (including phenoxy) is 1. The number of halogens is 1. The molecule has 6 nitrogen and oxygen atoms in total. The number of sulfone groups is 1. The second kappa shape index (κ2) is 5.64. The summed E-state index contributed by atoms with van der Waals surface area (Å²) in [4.78, 5) is -0.854. The molecule has 0 spiro atoms. The number of hydrogen-bond donors (Lipinski definition) is 0. The maximum Gasteiger partial charge on any atom is 0.246 e. The summed E-state index contributed by atoms with van der Waals surface area (Å²) in [6, 6.07) is 2.76. The van der Waals surface area contributed by atoms with E-state index < -0.39 is 30.6 Å². The Labute approximate surface area is 123 Å². The van der Waals surface area contributed by atoms with Crippen LogP contribution in [0.15, 0.2) is 28.0 Å². The molecule has 0 aliphatic carbocycles. The van der Waals surface area contributed by atoms with Crippen molar-refractivity contribution < 1.29 is 26.0 Å². The molecule has 1 heterocycles. The third-order valence-corrected chi connectivity index (χ3v) is 6.38. The van der Waals surface area contributed by atoms with Crippen molar-refractivity contribution in [2.45, 2.75) is 22.3 Å². The number of sulfonamides is 1. The van der Waals surface area contributed by atoms with Crippen LogP contribution in [0.5, 0.6) is 0 Å². The van der Waals surface area contributed by atoms with Gasteiger partial charge < -0.3 is 4.74 Å². The van der Waals surface area contributed by atoms with Crippen molar-refractivity contribution in [3.05, 3.63) is 24.0 Å². The quantitative estimate of drug-likeness (QED) is 0.753. The molecule has 1 aliphatic heterocycles. The van der Waals surface area contributed by atoms with Crippen LogP contribution in [0.4, 0.5) is 4.39 Å². The number of nitrogens with zero attached hydrogens (tertiary/aromatic N) is 1. The van der Waals surface area contributed by atoms with Gasteiger partial charge in [0.15, 0.2) is 9.84 Å². The minimum atomic E-state index is -4.08. The predicted octanol–water partition coefficient (Wildman–Crippen LogP) is 0.639. The highest BCUT2D eigenvalue weighted by atomic mass is 32.2. The maximum atomic E-state index is 13.9. The molecular weight excluding hydrogens is 321 g/mol. The van der Waals surface area contributed by atoms with Gasteiger partial charge in [0.2, 0.25) is 10.0 Å². The Morgan fingerprint density at radius 2 is 1.95 bits per heavy atom. The fourth-order valence-corrected chi connectivity index (χ4v) is 4.46. The third-order valence-electron chi connectivity index (χ3n) is 3.39. The fraction of sp³-hybridized carbons (Fsp3) is 0.500. The van der Waals surface area contributed by atoms with E-state index in [2.05, 4.69) is 0 Å². The van der Waals surface area contributed by atoms with Gasteiger partial charge in [-0.3, -0.25) is 0 Å². The smallest absolute Gasteiger partial charge is 0.246 e. The molecule has 1 unspecified atom stereocenters. The van der Waals surface area contributed by atoms with E-state index in [-0.39, 0.29) is 24.1 Å². The van der Waals surface area contributed by atoms with E-state index in [1.54, 1.807) is 0 Å².